The summed E-state index contributed by atoms with van der Waals surface area (Å²) in [5.74, 6) is 0.341. The van der Waals surface area contributed by atoms with Crippen LogP contribution in [0.15, 0.2) is 51.6 Å². The summed E-state index contributed by atoms with van der Waals surface area (Å²) in [4.78, 5) is 26.8. The summed E-state index contributed by atoms with van der Waals surface area (Å²) in [5.41, 5.74) is 5.93. The topological polar surface area (TPSA) is 133 Å². The molecule has 9 nitrogen and oxygen atoms in total. The van der Waals surface area contributed by atoms with Gasteiger partial charge in [0.1, 0.15) is 11.5 Å². The zero-order chi connectivity index (χ0) is 18.4. The maximum Gasteiger partial charge on any atom is 0.316 e. The number of benzene rings is 1. The van der Waals surface area contributed by atoms with Crippen LogP contribution < -0.4 is 15.8 Å². The molecule has 3 rings (SSSR count). The maximum atomic E-state index is 11.9. The molecule has 0 unspecified atom stereocenters. The number of nitrogens with two attached hydrogens (primary N) is 1. The molecule has 134 valence electrons. The summed E-state index contributed by atoms with van der Waals surface area (Å²) < 4.78 is 15.5. The molecule has 0 saturated heterocycles. The first-order chi connectivity index (χ1) is 12.6. The molecule has 9 heteroatoms. The third kappa shape index (κ3) is 4.69. The molecule has 2 heterocycles. The Hall–Kier alpha value is -3.62. The monoisotopic (exact) mass is 356 g/mol. The Labute approximate surface area is 148 Å². The summed E-state index contributed by atoms with van der Waals surface area (Å²) in [6.45, 7) is 0.252. The van der Waals surface area contributed by atoms with Gasteiger partial charge in [0.2, 0.25) is 11.7 Å². The van der Waals surface area contributed by atoms with Gasteiger partial charge in [0, 0.05) is 0 Å². The number of nitrogens with one attached hydrogen (secondary N) is 1. The molecular formula is C17H16N4O5. The van der Waals surface area contributed by atoms with Crippen molar-refractivity contribution in [1.82, 2.24) is 15.5 Å². The SMILES string of the molecule is NC(=O)Cc1ccc(OCc2noc(C(=O)NCc3ccco3)n2)cc1. The van der Waals surface area contributed by atoms with Crippen molar-refractivity contribution in [2.24, 2.45) is 5.73 Å². The molecule has 0 atom stereocenters. The maximum absolute atomic E-state index is 11.9. The molecule has 0 radical (unpaired) electrons. The fourth-order valence-corrected chi connectivity index (χ4v) is 2.11. The van der Waals surface area contributed by atoms with Crippen LogP contribution in [-0.2, 0) is 24.4 Å². The number of hydrogen-bond acceptors (Lipinski definition) is 7. The van der Waals surface area contributed by atoms with E-state index in [1.165, 1.54) is 6.26 Å². The first-order valence-electron chi connectivity index (χ1n) is 7.73. The van der Waals surface area contributed by atoms with E-state index in [9.17, 15) is 9.59 Å². The minimum atomic E-state index is -0.504. The minimum Gasteiger partial charge on any atom is -0.485 e. The second-order valence-corrected chi connectivity index (χ2v) is 5.35. The average molecular weight is 356 g/mol. The molecule has 26 heavy (non-hydrogen) atoms. The fourth-order valence-electron chi connectivity index (χ4n) is 2.11. The fraction of sp³-hybridized carbons (Fsp3) is 0.176. The molecular weight excluding hydrogens is 340 g/mol. The van der Waals surface area contributed by atoms with Crippen LogP contribution in [0.3, 0.4) is 0 Å². The zero-order valence-corrected chi connectivity index (χ0v) is 13.7. The van der Waals surface area contributed by atoms with Gasteiger partial charge in [-0.25, -0.2) is 0 Å². The van der Waals surface area contributed by atoms with Crippen LogP contribution in [-0.4, -0.2) is 22.0 Å². The van der Waals surface area contributed by atoms with Crippen LogP contribution in [0.25, 0.3) is 0 Å². The summed E-state index contributed by atoms with van der Waals surface area (Å²) in [5, 5.41) is 6.30. The molecule has 3 N–H and O–H groups in total. The highest BCUT2D eigenvalue weighted by atomic mass is 16.5. The molecule has 3 aromatic rings. The van der Waals surface area contributed by atoms with E-state index >= 15 is 0 Å². The number of carbonyl (C=O) groups excluding carboxylic acids is 2. The molecule has 0 aliphatic carbocycles. The number of furan rings is 1. The lowest BCUT2D eigenvalue weighted by atomic mass is 10.1. The zero-order valence-electron chi connectivity index (χ0n) is 13.7. The van der Waals surface area contributed by atoms with Crippen molar-refractivity contribution in [1.29, 1.82) is 0 Å². The standard InChI is InChI=1S/C17H16N4O5/c18-14(22)8-11-3-5-12(6-4-11)25-10-15-20-17(26-21-15)16(23)19-9-13-2-1-7-24-13/h1-7H,8-10H2,(H2,18,22)(H,19,23). The summed E-state index contributed by atoms with van der Waals surface area (Å²) in [6.07, 6.45) is 1.69. The first kappa shape index (κ1) is 17.2. The second-order valence-electron chi connectivity index (χ2n) is 5.35. The third-order valence-electron chi connectivity index (χ3n) is 3.34. The first-order valence-corrected chi connectivity index (χ1v) is 7.73. The lowest BCUT2D eigenvalue weighted by molar-refractivity contribution is -0.117. The number of primary amides is 1. The lowest BCUT2D eigenvalue weighted by Gasteiger charge is -2.04. The van der Waals surface area contributed by atoms with Gasteiger partial charge in [0.05, 0.1) is 19.2 Å². The Balaban J connectivity index is 1.50. The lowest BCUT2D eigenvalue weighted by Crippen LogP contribution is -2.22. The highest BCUT2D eigenvalue weighted by Gasteiger charge is 2.15. The summed E-state index contributed by atoms with van der Waals surface area (Å²) in [6, 6.07) is 10.4. The number of ether oxygens (including phenoxy) is 1. The van der Waals surface area contributed by atoms with Gasteiger partial charge in [-0.1, -0.05) is 17.3 Å². The van der Waals surface area contributed by atoms with Crippen LogP contribution >= 0.6 is 0 Å². The number of nitrogens with zero attached hydrogens (tertiary/aromatic N) is 2. The van der Waals surface area contributed by atoms with Gasteiger partial charge in [-0.05, 0) is 29.8 Å². The highest BCUT2D eigenvalue weighted by molar-refractivity contribution is 5.89. The van der Waals surface area contributed by atoms with Gasteiger partial charge >= 0.3 is 11.8 Å². The van der Waals surface area contributed by atoms with Crippen molar-refractivity contribution in [2.45, 2.75) is 19.6 Å². The van der Waals surface area contributed by atoms with Gasteiger partial charge in [0.25, 0.3) is 0 Å². The van der Waals surface area contributed by atoms with Gasteiger partial charge in [-0.15, -0.1) is 0 Å². The number of rotatable bonds is 8. The Morgan fingerprint density at radius 2 is 2.00 bits per heavy atom. The number of aromatic nitrogens is 2. The Morgan fingerprint density at radius 3 is 2.69 bits per heavy atom. The van der Waals surface area contributed by atoms with Crippen LogP contribution in [0.1, 0.15) is 27.8 Å². The molecule has 1 aromatic carbocycles. The Bertz CT molecular complexity index is 871. The molecule has 0 aliphatic heterocycles. The van der Waals surface area contributed by atoms with Crippen LogP contribution in [0.5, 0.6) is 5.75 Å². The summed E-state index contributed by atoms with van der Waals surface area (Å²) >= 11 is 0. The van der Waals surface area contributed by atoms with E-state index in [1.807, 2.05) is 0 Å². The summed E-state index contributed by atoms with van der Waals surface area (Å²) in [7, 11) is 0. The van der Waals surface area contributed by atoms with E-state index in [0.29, 0.717) is 11.5 Å². The third-order valence-corrected chi connectivity index (χ3v) is 3.34. The molecule has 0 fully saturated rings. The predicted octanol–water partition coefficient (Wildman–Crippen LogP) is 1.20. The van der Waals surface area contributed by atoms with Gasteiger partial charge in [-0.2, -0.15) is 4.98 Å². The Morgan fingerprint density at radius 1 is 1.19 bits per heavy atom. The van der Waals surface area contributed by atoms with Gasteiger partial charge in [-0.3, -0.25) is 9.59 Å². The van der Waals surface area contributed by atoms with Crippen molar-refractivity contribution in [3.8, 4) is 5.75 Å². The molecule has 0 aliphatic rings. The minimum absolute atomic E-state index is 0.0319. The van der Waals surface area contributed by atoms with E-state index in [4.69, 9.17) is 19.4 Å². The number of hydrogen-bond donors (Lipinski definition) is 2. The van der Waals surface area contributed by atoms with E-state index < -0.39 is 11.8 Å². The molecule has 0 spiro atoms. The van der Waals surface area contributed by atoms with E-state index in [0.717, 1.165) is 5.56 Å². The predicted molar refractivity (Wildman–Crippen MR) is 87.8 cm³/mol. The number of amides is 2. The van der Waals surface area contributed by atoms with E-state index in [-0.39, 0.29) is 31.3 Å². The molecule has 0 bridgehead atoms. The van der Waals surface area contributed by atoms with Crippen molar-refractivity contribution in [3.05, 3.63) is 65.7 Å². The Kier molecular flexibility index (Phi) is 5.28. The van der Waals surface area contributed by atoms with E-state index in [1.54, 1.807) is 36.4 Å². The van der Waals surface area contributed by atoms with Crippen LogP contribution in [0, 0.1) is 0 Å². The van der Waals surface area contributed by atoms with Gasteiger partial charge in [0.15, 0.2) is 6.61 Å². The van der Waals surface area contributed by atoms with Crippen LogP contribution in [0.4, 0.5) is 0 Å². The largest absolute Gasteiger partial charge is 0.485 e. The molecule has 2 amide bonds. The molecule has 0 saturated carbocycles. The van der Waals surface area contributed by atoms with Crippen molar-refractivity contribution >= 4 is 11.8 Å². The average Bonchev–Trinajstić information content (AvgIpc) is 3.30. The molecule has 2 aromatic heterocycles. The quantitative estimate of drug-likeness (QED) is 0.619. The smallest absolute Gasteiger partial charge is 0.316 e. The van der Waals surface area contributed by atoms with Crippen LogP contribution in [0.2, 0.25) is 0 Å². The van der Waals surface area contributed by atoms with Crippen molar-refractivity contribution in [2.75, 3.05) is 0 Å². The van der Waals surface area contributed by atoms with Crippen molar-refractivity contribution in [3.63, 3.8) is 0 Å². The normalized spacial score (nSPS) is 10.5. The highest BCUT2D eigenvalue weighted by Crippen LogP contribution is 2.14. The van der Waals surface area contributed by atoms with Gasteiger partial charge < -0.3 is 24.7 Å². The second kappa shape index (κ2) is 7.97. The van der Waals surface area contributed by atoms with E-state index in [2.05, 4.69) is 15.5 Å². The van der Waals surface area contributed by atoms with Crippen molar-refractivity contribution < 1.29 is 23.3 Å². The number of carbonyl (C=O) groups is 2.